The molecule has 0 radical (unpaired) electrons. The van der Waals surface area contributed by atoms with Gasteiger partial charge in [0.05, 0.1) is 19.9 Å². The number of rotatable bonds is 6. The molecule has 2 amide bonds. The summed E-state index contributed by atoms with van der Waals surface area (Å²) in [4.78, 5) is 28.9. The molecule has 1 aliphatic rings. The van der Waals surface area contributed by atoms with Gasteiger partial charge >= 0.3 is 0 Å². The zero-order valence-corrected chi connectivity index (χ0v) is 18.9. The van der Waals surface area contributed by atoms with E-state index >= 15 is 0 Å². The highest BCUT2D eigenvalue weighted by Crippen LogP contribution is 2.35. The Labute approximate surface area is 196 Å². The lowest BCUT2D eigenvalue weighted by molar-refractivity contribution is -0.126. The van der Waals surface area contributed by atoms with Gasteiger partial charge in [0.15, 0.2) is 5.76 Å². The van der Waals surface area contributed by atoms with E-state index in [2.05, 4.69) is 10.4 Å². The van der Waals surface area contributed by atoms with Crippen LogP contribution in [0.3, 0.4) is 0 Å². The molecule has 0 bridgehead atoms. The second-order valence-corrected chi connectivity index (χ2v) is 8.33. The minimum Gasteiger partial charge on any atom is -0.497 e. The highest BCUT2D eigenvalue weighted by atomic mass is 16.5. The Bertz CT molecular complexity index is 1310. The number of nitrogens with one attached hydrogen (secondary N) is 1. The van der Waals surface area contributed by atoms with E-state index < -0.39 is 5.54 Å². The first-order chi connectivity index (χ1) is 16.5. The van der Waals surface area contributed by atoms with Gasteiger partial charge in [0, 0.05) is 18.3 Å². The standard InChI is InChI=1S/C26H24N4O4/c1-26(25(32)27-16-18-7-4-3-5-8-18)17-29-22(15-21(28-29)23-9-6-14-34-23)24(31)30(26)19-10-12-20(33-2)13-11-19/h3-15H,16-17H2,1-2H3,(H,27,32)/t26-/m1/s1. The van der Waals surface area contributed by atoms with Crippen molar-refractivity contribution in [3.8, 4) is 17.2 Å². The molecule has 4 aromatic rings. The van der Waals surface area contributed by atoms with E-state index in [1.807, 2.05) is 30.3 Å². The van der Waals surface area contributed by atoms with E-state index in [1.165, 1.54) is 4.90 Å². The average molecular weight is 457 g/mol. The summed E-state index contributed by atoms with van der Waals surface area (Å²) >= 11 is 0. The van der Waals surface area contributed by atoms with E-state index in [9.17, 15) is 9.59 Å². The van der Waals surface area contributed by atoms with E-state index in [0.29, 0.717) is 35.1 Å². The fraction of sp³-hybridized carbons (Fsp3) is 0.192. The smallest absolute Gasteiger partial charge is 0.277 e. The Kier molecular flexibility index (Phi) is 5.41. The van der Waals surface area contributed by atoms with Gasteiger partial charge in [-0.2, -0.15) is 5.10 Å². The largest absolute Gasteiger partial charge is 0.497 e. The summed E-state index contributed by atoms with van der Waals surface area (Å²) in [6.45, 7) is 2.29. The molecule has 0 aliphatic carbocycles. The van der Waals surface area contributed by atoms with Gasteiger partial charge in [-0.25, -0.2) is 0 Å². The first kappa shape index (κ1) is 21.5. The van der Waals surface area contributed by atoms with Gasteiger partial charge in [-0.05, 0) is 48.9 Å². The molecule has 0 saturated heterocycles. The fourth-order valence-electron chi connectivity index (χ4n) is 4.23. The molecule has 5 rings (SSSR count). The second kappa shape index (κ2) is 8.55. The molecule has 2 aromatic heterocycles. The molecule has 0 spiro atoms. The number of fused-ring (bicyclic) bond motifs is 1. The number of furan rings is 1. The Morgan fingerprint density at radius 1 is 1.12 bits per heavy atom. The predicted molar refractivity (Wildman–Crippen MR) is 126 cm³/mol. The summed E-state index contributed by atoms with van der Waals surface area (Å²) in [5.41, 5.74) is 1.26. The summed E-state index contributed by atoms with van der Waals surface area (Å²) in [6, 6.07) is 22.0. The van der Waals surface area contributed by atoms with Crippen molar-refractivity contribution in [2.45, 2.75) is 25.6 Å². The molecule has 34 heavy (non-hydrogen) atoms. The van der Waals surface area contributed by atoms with Gasteiger partial charge in [-0.3, -0.25) is 19.2 Å². The number of amides is 2. The molecular weight excluding hydrogens is 432 g/mol. The summed E-state index contributed by atoms with van der Waals surface area (Å²) in [5.74, 6) is 0.620. The maximum Gasteiger partial charge on any atom is 0.277 e. The topological polar surface area (TPSA) is 89.6 Å². The lowest BCUT2D eigenvalue weighted by Crippen LogP contribution is -2.64. The van der Waals surface area contributed by atoms with Crippen molar-refractivity contribution in [1.82, 2.24) is 15.1 Å². The second-order valence-electron chi connectivity index (χ2n) is 8.33. The lowest BCUT2D eigenvalue weighted by atomic mass is 9.93. The Hall–Kier alpha value is -4.33. The maximum absolute atomic E-state index is 13.8. The van der Waals surface area contributed by atoms with Crippen molar-refractivity contribution in [2.24, 2.45) is 0 Å². The predicted octanol–water partition coefficient (Wildman–Crippen LogP) is 3.89. The Morgan fingerprint density at radius 3 is 2.56 bits per heavy atom. The first-order valence-corrected chi connectivity index (χ1v) is 10.9. The molecule has 8 heteroatoms. The molecule has 0 fully saturated rings. The van der Waals surface area contributed by atoms with Crippen LogP contribution in [0.1, 0.15) is 23.0 Å². The maximum atomic E-state index is 13.8. The zero-order chi connectivity index (χ0) is 23.7. The highest BCUT2D eigenvalue weighted by Gasteiger charge is 2.49. The minimum absolute atomic E-state index is 0.182. The molecule has 1 atom stereocenters. The Balaban J connectivity index is 1.54. The minimum atomic E-state index is -1.22. The Morgan fingerprint density at radius 2 is 1.88 bits per heavy atom. The molecule has 1 N–H and O–H groups in total. The normalized spacial score (nSPS) is 17.4. The lowest BCUT2D eigenvalue weighted by Gasteiger charge is -2.43. The van der Waals surface area contributed by atoms with Crippen LogP contribution in [0.5, 0.6) is 5.75 Å². The summed E-state index contributed by atoms with van der Waals surface area (Å²) in [5, 5.41) is 7.57. The van der Waals surface area contributed by atoms with Crippen molar-refractivity contribution in [3.05, 3.63) is 90.3 Å². The fourth-order valence-corrected chi connectivity index (χ4v) is 4.23. The molecular formula is C26H24N4O4. The molecule has 0 unspecified atom stereocenters. The van der Waals surface area contributed by atoms with E-state index in [4.69, 9.17) is 9.15 Å². The van der Waals surface area contributed by atoms with Crippen molar-refractivity contribution in [2.75, 3.05) is 12.0 Å². The average Bonchev–Trinajstić information content (AvgIpc) is 3.54. The van der Waals surface area contributed by atoms with Gasteiger partial charge in [-0.1, -0.05) is 30.3 Å². The van der Waals surface area contributed by atoms with E-state index in [1.54, 1.807) is 67.4 Å². The van der Waals surface area contributed by atoms with Crippen LogP contribution in [0.15, 0.2) is 83.5 Å². The first-order valence-electron chi connectivity index (χ1n) is 10.9. The van der Waals surface area contributed by atoms with E-state index in [0.717, 1.165) is 5.56 Å². The van der Waals surface area contributed by atoms with Gasteiger partial charge in [-0.15, -0.1) is 0 Å². The van der Waals surface area contributed by atoms with Crippen LogP contribution in [0, 0.1) is 0 Å². The third-order valence-electron chi connectivity index (χ3n) is 6.04. The summed E-state index contributed by atoms with van der Waals surface area (Å²) in [6.07, 6.45) is 1.56. The van der Waals surface area contributed by atoms with Crippen LogP contribution in [-0.4, -0.2) is 34.2 Å². The van der Waals surface area contributed by atoms with Gasteiger partial charge < -0.3 is 14.5 Å². The number of hydrogen-bond acceptors (Lipinski definition) is 5. The number of ether oxygens (including phenoxy) is 1. The van der Waals surface area contributed by atoms with Crippen LogP contribution in [0.4, 0.5) is 5.69 Å². The van der Waals surface area contributed by atoms with Gasteiger partial charge in [0.1, 0.15) is 22.7 Å². The number of methoxy groups -OCH3 is 1. The monoisotopic (exact) mass is 456 g/mol. The van der Waals surface area contributed by atoms with E-state index in [-0.39, 0.29) is 18.4 Å². The van der Waals surface area contributed by atoms with Crippen LogP contribution >= 0.6 is 0 Å². The summed E-state index contributed by atoms with van der Waals surface area (Å²) in [7, 11) is 1.58. The third-order valence-corrected chi connectivity index (χ3v) is 6.04. The van der Waals surface area contributed by atoms with Gasteiger partial charge in [0.2, 0.25) is 5.91 Å². The number of aromatic nitrogens is 2. The highest BCUT2D eigenvalue weighted by molar-refractivity contribution is 6.12. The SMILES string of the molecule is COc1ccc(N2C(=O)c3cc(-c4ccco4)nn3C[C@]2(C)C(=O)NCc2ccccc2)cc1. The summed E-state index contributed by atoms with van der Waals surface area (Å²) < 4.78 is 12.3. The number of nitrogens with zero attached hydrogens (tertiary/aromatic N) is 3. The molecule has 0 saturated carbocycles. The number of hydrogen-bond donors (Lipinski definition) is 1. The van der Waals surface area contributed by atoms with Crippen molar-refractivity contribution < 1.29 is 18.7 Å². The number of carbonyl (C=O) groups excluding carboxylic acids is 2. The zero-order valence-electron chi connectivity index (χ0n) is 18.9. The van der Waals surface area contributed by atoms with Crippen LogP contribution < -0.4 is 15.0 Å². The van der Waals surface area contributed by atoms with Crippen LogP contribution in [-0.2, 0) is 17.9 Å². The quantitative estimate of drug-likeness (QED) is 0.476. The number of anilines is 1. The van der Waals surface area contributed by atoms with Gasteiger partial charge in [0.25, 0.3) is 5.91 Å². The van der Waals surface area contributed by atoms with Crippen molar-refractivity contribution in [1.29, 1.82) is 0 Å². The third kappa shape index (κ3) is 3.73. The van der Waals surface area contributed by atoms with Crippen LogP contribution in [0.25, 0.3) is 11.5 Å². The molecule has 1 aliphatic heterocycles. The molecule has 172 valence electrons. The number of carbonyl (C=O) groups is 2. The molecule has 2 aromatic carbocycles. The number of benzene rings is 2. The molecule has 8 nitrogen and oxygen atoms in total. The van der Waals surface area contributed by atoms with Crippen LogP contribution in [0.2, 0.25) is 0 Å². The van der Waals surface area contributed by atoms with Crippen molar-refractivity contribution >= 4 is 17.5 Å². The molecule has 3 heterocycles. The van der Waals surface area contributed by atoms with Crippen molar-refractivity contribution in [3.63, 3.8) is 0 Å².